The summed E-state index contributed by atoms with van der Waals surface area (Å²) >= 11 is 0. The van der Waals surface area contributed by atoms with Crippen LogP contribution >= 0.6 is 0 Å². The molecule has 1 unspecified atom stereocenters. The van der Waals surface area contributed by atoms with Gasteiger partial charge < -0.3 is 10.0 Å². The summed E-state index contributed by atoms with van der Waals surface area (Å²) in [6.07, 6.45) is 2.04. The Morgan fingerprint density at radius 1 is 1.04 bits per heavy atom. The Morgan fingerprint density at radius 3 is 2.38 bits per heavy atom. The molecule has 0 saturated heterocycles. The van der Waals surface area contributed by atoms with E-state index in [0.717, 1.165) is 11.1 Å². The highest BCUT2D eigenvalue weighted by Gasteiger charge is 2.17. The van der Waals surface area contributed by atoms with Gasteiger partial charge in [0.25, 0.3) is 5.91 Å². The van der Waals surface area contributed by atoms with Crippen LogP contribution in [0.2, 0.25) is 0 Å². The van der Waals surface area contributed by atoms with E-state index in [0.29, 0.717) is 30.8 Å². The van der Waals surface area contributed by atoms with Crippen LogP contribution < -0.4 is 0 Å². The van der Waals surface area contributed by atoms with Crippen LogP contribution in [-0.2, 0) is 27.9 Å². The van der Waals surface area contributed by atoms with Crippen molar-refractivity contribution >= 4 is 22.7 Å². The van der Waals surface area contributed by atoms with Crippen molar-refractivity contribution in [2.75, 3.05) is 12.8 Å². The molecule has 0 saturated carbocycles. The molecule has 2 aromatic carbocycles. The first-order chi connectivity index (χ1) is 12.5. The number of hydrogen-bond acceptors (Lipinski definition) is 3. The summed E-state index contributed by atoms with van der Waals surface area (Å²) in [6, 6.07) is 16.7. The molecule has 0 heterocycles. The zero-order valence-corrected chi connectivity index (χ0v) is 15.6. The fourth-order valence-electron chi connectivity index (χ4n) is 2.69. The number of hydrogen-bond donors (Lipinski definition) is 1. The molecule has 0 spiro atoms. The van der Waals surface area contributed by atoms with E-state index in [1.54, 1.807) is 29.4 Å². The number of amides is 1. The van der Waals surface area contributed by atoms with Gasteiger partial charge in [0.05, 0.1) is 0 Å². The topological polar surface area (TPSA) is 74.7 Å². The molecule has 6 heteroatoms. The van der Waals surface area contributed by atoms with Crippen molar-refractivity contribution in [3.8, 4) is 0 Å². The van der Waals surface area contributed by atoms with Crippen molar-refractivity contribution in [3.63, 3.8) is 0 Å². The van der Waals surface area contributed by atoms with Crippen LogP contribution in [0.25, 0.3) is 0 Å². The number of carboxylic acid groups (broad SMARTS) is 1. The van der Waals surface area contributed by atoms with Crippen LogP contribution in [0.4, 0.5) is 0 Å². The lowest BCUT2D eigenvalue weighted by Gasteiger charge is -2.23. The predicted octanol–water partition coefficient (Wildman–Crippen LogP) is 3.07. The fourth-order valence-corrected chi connectivity index (χ4v) is 3.34. The molecule has 0 aromatic heterocycles. The van der Waals surface area contributed by atoms with Gasteiger partial charge in [-0.3, -0.25) is 13.8 Å². The first kappa shape index (κ1) is 19.8. The summed E-state index contributed by atoms with van der Waals surface area (Å²) in [4.78, 5) is 25.4. The van der Waals surface area contributed by atoms with Gasteiger partial charge in [0.15, 0.2) is 0 Å². The molecule has 0 bridgehead atoms. The fraction of sp³-hybridized carbons (Fsp3) is 0.300. The van der Waals surface area contributed by atoms with E-state index in [2.05, 4.69) is 0 Å². The van der Waals surface area contributed by atoms with Crippen molar-refractivity contribution in [1.82, 2.24) is 4.90 Å². The quantitative estimate of drug-likeness (QED) is 0.733. The van der Waals surface area contributed by atoms with Gasteiger partial charge in [-0.2, -0.15) is 0 Å². The molecule has 138 valence electrons. The second kappa shape index (κ2) is 9.87. The number of aliphatic carboxylic acids is 1. The Kier molecular flexibility index (Phi) is 7.53. The van der Waals surface area contributed by atoms with Gasteiger partial charge >= 0.3 is 5.97 Å². The maximum Gasteiger partial charge on any atom is 0.303 e. The van der Waals surface area contributed by atoms with E-state index in [9.17, 15) is 13.8 Å². The molecular weight excluding hydrogens is 350 g/mol. The summed E-state index contributed by atoms with van der Waals surface area (Å²) < 4.78 is 11.4. The summed E-state index contributed by atoms with van der Waals surface area (Å²) in [6.45, 7) is 0.785. The molecule has 0 aliphatic heterocycles. The van der Waals surface area contributed by atoms with Crippen LogP contribution in [0.5, 0.6) is 0 Å². The van der Waals surface area contributed by atoms with E-state index in [-0.39, 0.29) is 12.3 Å². The van der Waals surface area contributed by atoms with Crippen LogP contribution in [-0.4, -0.2) is 38.9 Å². The van der Waals surface area contributed by atoms with E-state index in [1.165, 1.54) is 0 Å². The van der Waals surface area contributed by atoms with Crippen LogP contribution in [0, 0.1) is 0 Å². The zero-order valence-electron chi connectivity index (χ0n) is 14.8. The molecule has 26 heavy (non-hydrogen) atoms. The van der Waals surface area contributed by atoms with Crippen LogP contribution in [0.1, 0.15) is 34.3 Å². The van der Waals surface area contributed by atoms with Crippen LogP contribution in [0.15, 0.2) is 54.6 Å². The molecule has 2 aromatic rings. The van der Waals surface area contributed by atoms with Crippen molar-refractivity contribution in [2.24, 2.45) is 0 Å². The molecule has 1 amide bonds. The average molecular weight is 373 g/mol. The second-order valence-corrected chi connectivity index (χ2v) is 7.56. The van der Waals surface area contributed by atoms with Crippen LogP contribution in [0.3, 0.4) is 0 Å². The molecule has 0 aliphatic rings. The number of carbonyl (C=O) groups excluding carboxylic acids is 1. The Morgan fingerprint density at radius 2 is 1.73 bits per heavy atom. The number of carboxylic acids is 1. The molecule has 0 fully saturated rings. The predicted molar refractivity (Wildman–Crippen MR) is 102 cm³/mol. The molecule has 1 atom stereocenters. The van der Waals surface area contributed by atoms with E-state index in [4.69, 9.17) is 5.11 Å². The minimum absolute atomic E-state index is 0.0213. The number of carbonyl (C=O) groups is 2. The molecule has 0 aliphatic carbocycles. The van der Waals surface area contributed by atoms with Gasteiger partial charge in [-0.25, -0.2) is 0 Å². The lowest BCUT2D eigenvalue weighted by atomic mass is 10.1. The smallest absolute Gasteiger partial charge is 0.303 e. The number of nitrogens with zero attached hydrogens (tertiary/aromatic N) is 1. The van der Waals surface area contributed by atoms with Crippen molar-refractivity contribution in [2.45, 2.75) is 25.1 Å². The first-order valence-corrected chi connectivity index (χ1v) is 10.1. The van der Waals surface area contributed by atoms with Gasteiger partial charge in [-0.05, 0) is 29.7 Å². The third-order valence-electron chi connectivity index (χ3n) is 3.87. The minimum atomic E-state index is -0.981. The maximum absolute atomic E-state index is 13.0. The van der Waals surface area contributed by atoms with Crippen molar-refractivity contribution < 1.29 is 18.9 Å². The van der Waals surface area contributed by atoms with Crippen molar-refractivity contribution in [1.29, 1.82) is 0 Å². The third kappa shape index (κ3) is 6.44. The monoisotopic (exact) mass is 373 g/mol. The largest absolute Gasteiger partial charge is 0.481 e. The molecule has 0 radical (unpaired) electrons. The van der Waals surface area contributed by atoms with E-state index >= 15 is 0 Å². The van der Waals surface area contributed by atoms with Gasteiger partial charge in [0, 0.05) is 47.9 Å². The summed E-state index contributed by atoms with van der Waals surface area (Å²) in [7, 11) is -0.981. The van der Waals surface area contributed by atoms with E-state index in [1.807, 2.05) is 36.4 Å². The highest BCUT2D eigenvalue weighted by atomic mass is 32.2. The summed E-state index contributed by atoms with van der Waals surface area (Å²) in [5.41, 5.74) is 2.36. The highest BCUT2D eigenvalue weighted by Crippen LogP contribution is 2.14. The average Bonchev–Trinajstić information content (AvgIpc) is 2.60. The lowest BCUT2D eigenvalue weighted by Crippen LogP contribution is -2.32. The Bertz CT molecular complexity index is 776. The second-order valence-electron chi connectivity index (χ2n) is 6.13. The lowest BCUT2D eigenvalue weighted by molar-refractivity contribution is -0.137. The minimum Gasteiger partial charge on any atom is -0.481 e. The van der Waals surface area contributed by atoms with E-state index < -0.39 is 16.8 Å². The molecule has 2 rings (SSSR count). The molecule has 5 nitrogen and oxygen atoms in total. The maximum atomic E-state index is 13.0. The summed E-state index contributed by atoms with van der Waals surface area (Å²) in [5.74, 6) is -0.619. The third-order valence-corrected chi connectivity index (χ3v) is 4.61. The van der Waals surface area contributed by atoms with Gasteiger partial charge in [-0.15, -0.1) is 0 Å². The van der Waals surface area contributed by atoms with Gasteiger partial charge in [-0.1, -0.05) is 42.5 Å². The highest BCUT2D eigenvalue weighted by molar-refractivity contribution is 7.83. The SMILES string of the molecule is CS(=O)Cc1cccc(C(=O)N(CCCC(=O)O)Cc2ccccc2)c1. The summed E-state index contributed by atoms with van der Waals surface area (Å²) in [5, 5.41) is 8.86. The van der Waals surface area contributed by atoms with Gasteiger partial charge in [0.1, 0.15) is 0 Å². The zero-order chi connectivity index (χ0) is 18.9. The molecular formula is C20H23NO4S. The molecule has 1 N–H and O–H groups in total. The Hall–Kier alpha value is -2.47. The van der Waals surface area contributed by atoms with Gasteiger partial charge in [0.2, 0.25) is 0 Å². The number of rotatable bonds is 9. The first-order valence-electron chi connectivity index (χ1n) is 8.39. The standard InChI is InChI=1S/C20H23NO4S/c1-26(25)15-17-9-5-10-18(13-17)20(24)21(12-6-11-19(22)23)14-16-7-3-2-4-8-16/h2-5,7-10,13H,6,11-12,14-15H2,1H3,(H,22,23). The Balaban J connectivity index is 2.18. The van der Waals surface area contributed by atoms with Crippen molar-refractivity contribution in [3.05, 3.63) is 71.3 Å². The Labute approximate surface area is 156 Å². The normalized spacial score (nSPS) is 11.7. The number of benzene rings is 2.